The van der Waals surface area contributed by atoms with Gasteiger partial charge in [0.05, 0.1) is 22.3 Å². The van der Waals surface area contributed by atoms with Crippen LogP contribution in [0.3, 0.4) is 0 Å². The molecule has 0 saturated carbocycles. The summed E-state index contributed by atoms with van der Waals surface area (Å²) in [4.78, 5) is 0. The molecular formula is C62H42N4Pt+4. The van der Waals surface area contributed by atoms with E-state index in [0.717, 1.165) is 67.8 Å². The average molecular weight is 1040 g/mol. The van der Waals surface area contributed by atoms with Crippen LogP contribution in [0.1, 0.15) is 0 Å². The molecule has 10 aromatic carbocycles. The molecule has 2 aliphatic rings. The Labute approximate surface area is 405 Å². The molecule has 5 heteroatoms. The van der Waals surface area contributed by atoms with Crippen molar-refractivity contribution in [3.8, 4) is 44.5 Å². The van der Waals surface area contributed by atoms with Crippen LogP contribution in [-0.4, -0.2) is 12.0 Å². The zero-order valence-corrected chi connectivity index (χ0v) is 38.6. The third-order valence-electron chi connectivity index (χ3n) is 11.9. The first-order chi connectivity index (χ1) is 32.8. The van der Waals surface area contributed by atoms with Crippen molar-refractivity contribution in [3.05, 3.63) is 267 Å². The van der Waals surface area contributed by atoms with Crippen LogP contribution in [-0.2, 0) is 21.1 Å². The van der Waals surface area contributed by atoms with E-state index in [4.69, 9.17) is 0 Å². The van der Waals surface area contributed by atoms with Gasteiger partial charge in [-0.2, -0.15) is 36.4 Å². The quantitative estimate of drug-likeness (QED) is 0.106. The summed E-state index contributed by atoms with van der Waals surface area (Å²) in [6, 6.07) is 102. The van der Waals surface area contributed by atoms with Crippen molar-refractivity contribution < 1.29 is 21.1 Å². The Morgan fingerprint density at radius 1 is 0.254 bits per heavy atom. The Morgan fingerprint density at radius 2 is 0.522 bits per heavy atom. The van der Waals surface area contributed by atoms with E-state index >= 15 is 0 Å². The van der Waals surface area contributed by atoms with Gasteiger partial charge in [-0.15, -0.1) is 12.1 Å². The maximum absolute atomic E-state index is 3.64. The second kappa shape index (κ2) is 19.4. The van der Waals surface area contributed by atoms with Gasteiger partial charge in [0, 0.05) is 24.3 Å². The molecule has 2 aliphatic heterocycles. The predicted molar refractivity (Wildman–Crippen MR) is 274 cm³/mol. The molecular weight excluding hydrogens is 996 g/mol. The number of fused-ring (bicyclic) bond motifs is 2. The predicted octanol–water partition coefficient (Wildman–Crippen LogP) is 15.4. The van der Waals surface area contributed by atoms with Crippen LogP contribution in [0.25, 0.3) is 44.5 Å². The minimum absolute atomic E-state index is 0. The molecule has 10 aromatic rings. The molecule has 0 bridgehead atoms. The van der Waals surface area contributed by atoms with Crippen LogP contribution in [0.15, 0.2) is 255 Å². The summed E-state index contributed by atoms with van der Waals surface area (Å²) in [6.45, 7) is 0. The SMILES string of the molecule is C1=[N+](c2[c-]cccc2)c2ccccc2[N+]=1c1c(-c2ccccc2)cccc1-c1ccccc1.C1=[N+](c2[c-]cccc2)c2ccccc2[N+]=1c1c(-c2ccccc2)cccc1-c1ccccc1.[Pt+2]. The first-order valence-electron chi connectivity index (χ1n) is 22.1. The number of benzene rings is 10. The topological polar surface area (TPSA) is 12.0 Å². The zero-order chi connectivity index (χ0) is 44.1. The third kappa shape index (κ3) is 8.42. The van der Waals surface area contributed by atoms with E-state index in [1.807, 2.05) is 36.4 Å². The molecule has 0 unspecified atom stereocenters. The first kappa shape index (κ1) is 42.6. The van der Waals surface area contributed by atoms with Gasteiger partial charge in [-0.05, 0) is 55.7 Å². The van der Waals surface area contributed by atoms with Gasteiger partial charge in [0.2, 0.25) is 11.4 Å². The third-order valence-corrected chi connectivity index (χ3v) is 11.9. The second-order valence-electron chi connectivity index (χ2n) is 15.9. The van der Waals surface area contributed by atoms with Crippen LogP contribution in [0, 0.1) is 12.1 Å². The fourth-order valence-electron chi connectivity index (χ4n) is 8.83. The van der Waals surface area contributed by atoms with Gasteiger partial charge in [-0.25, -0.2) is 0 Å². The number of para-hydroxylation sites is 8. The number of hydrogen-bond donors (Lipinski definition) is 0. The van der Waals surface area contributed by atoms with E-state index in [2.05, 4.69) is 261 Å². The summed E-state index contributed by atoms with van der Waals surface area (Å²) < 4.78 is 8.57. The summed E-state index contributed by atoms with van der Waals surface area (Å²) >= 11 is 0. The molecule has 0 saturated heterocycles. The monoisotopic (exact) mass is 1040 g/mol. The van der Waals surface area contributed by atoms with Gasteiger partial charge in [-0.1, -0.05) is 179 Å². The van der Waals surface area contributed by atoms with Crippen molar-refractivity contribution in [3.63, 3.8) is 0 Å². The van der Waals surface area contributed by atoms with Gasteiger partial charge in [0.15, 0.2) is 0 Å². The van der Waals surface area contributed by atoms with Crippen molar-refractivity contribution >= 4 is 57.5 Å². The summed E-state index contributed by atoms with van der Waals surface area (Å²) in [5.41, 5.74) is 17.9. The van der Waals surface area contributed by atoms with Crippen LogP contribution >= 0.6 is 0 Å². The number of rotatable bonds is 8. The van der Waals surface area contributed by atoms with E-state index in [-0.39, 0.29) is 21.1 Å². The fourth-order valence-corrected chi connectivity index (χ4v) is 8.83. The van der Waals surface area contributed by atoms with Crippen molar-refractivity contribution in [2.45, 2.75) is 0 Å². The van der Waals surface area contributed by atoms with E-state index in [1.54, 1.807) is 0 Å². The molecule has 0 N–H and O–H groups in total. The molecule has 0 radical (unpaired) electrons. The smallest absolute Gasteiger partial charge is 0.171 e. The minimum atomic E-state index is 0. The van der Waals surface area contributed by atoms with Crippen molar-refractivity contribution in [1.82, 2.24) is 18.3 Å². The van der Waals surface area contributed by atoms with Crippen molar-refractivity contribution in [2.75, 3.05) is 0 Å². The molecule has 12 rings (SSSR count). The van der Waals surface area contributed by atoms with Crippen LogP contribution in [0.5, 0.6) is 0 Å². The van der Waals surface area contributed by atoms with Gasteiger partial charge in [0.25, 0.3) is 22.7 Å². The Bertz CT molecular complexity index is 3150. The molecule has 0 aliphatic carbocycles. The standard InChI is InChI=1S/2C31H21N2.Pt/c2*1-4-13-24(14-5-1)27-19-12-20-28(25-15-6-2-7-16-25)31(27)33-23-32(26-17-8-3-9-18-26)29-21-10-11-22-30(29)33;/h2*1-17,19-22H;/q2*+1;+2. The number of nitrogens with zero attached hydrogens (tertiary/aromatic N) is 4. The Balaban J connectivity index is 0.000000154. The van der Waals surface area contributed by atoms with Gasteiger partial charge in [0.1, 0.15) is 11.4 Å². The molecule has 67 heavy (non-hydrogen) atoms. The molecule has 316 valence electrons. The van der Waals surface area contributed by atoms with Crippen molar-refractivity contribution in [2.24, 2.45) is 0 Å². The number of hydrogen-bond acceptors (Lipinski definition) is 0. The van der Waals surface area contributed by atoms with E-state index < -0.39 is 0 Å². The van der Waals surface area contributed by atoms with Gasteiger partial charge >= 0.3 is 33.1 Å². The maximum atomic E-state index is 3.64. The van der Waals surface area contributed by atoms with E-state index in [9.17, 15) is 0 Å². The molecule has 2 heterocycles. The normalized spacial score (nSPS) is 11.9. The molecule has 0 atom stereocenters. The van der Waals surface area contributed by atoms with Gasteiger partial charge in [-0.3, -0.25) is 0 Å². The molecule has 0 aromatic heterocycles. The fraction of sp³-hybridized carbons (Fsp3) is 0. The first-order valence-corrected chi connectivity index (χ1v) is 22.1. The Kier molecular flexibility index (Phi) is 12.3. The largest absolute Gasteiger partial charge is 2.00 e. The Hall–Kier alpha value is -8.35. The summed E-state index contributed by atoms with van der Waals surface area (Å²) in [5, 5.41) is 0. The Morgan fingerprint density at radius 3 is 0.806 bits per heavy atom. The molecule has 0 spiro atoms. The van der Waals surface area contributed by atoms with Gasteiger partial charge < -0.3 is 0 Å². The average Bonchev–Trinajstić information content (AvgIpc) is 3.99. The summed E-state index contributed by atoms with van der Waals surface area (Å²) in [5.74, 6) is 0. The van der Waals surface area contributed by atoms with Crippen molar-refractivity contribution in [1.29, 1.82) is 0 Å². The summed E-state index contributed by atoms with van der Waals surface area (Å²) in [6.07, 6.45) is 0. The zero-order valence-electron chi connectivity index (χ0n) is 36.4. The van der Waals surface area contributed by atoms with Crippen LogP contribution in [0.4, 0.5) is 45.5 Å². The van der Waals surface area contributed by atoms with E-state index in [0.29, 0.717) is 0 Å². The second-order valence-corrected chi connectivity index (χ2v) is 15.9. The van der Waals surface area contributed by atoms with E-state index in [1.165, 1.54) is 22.3 Å². The molecule has 0 amide bonds. The molecule has 0 fully saturated rings. The minimum Gasteiger partial charge on any atom is -0.171 e. The summed E-state index contributed by atoms with van der Waals surface area (Å²) in [7, 11) is 0. The maximum Gasteiger partial charge on any atom is 2.00 e. The molecule has 4 nitrogen and oxygen atoms in total. The van der Waals surface area contributed by atoms with Crippen LogP contribution < -0.4 is 18.3 Å². The van der Waals surface area contributed by atoms with Crippen LogP contribution in [0.2, 0.25) is 0 Å².